The third-order valence-electron chi connectivity index (χ3n) is 3.73. The van der Waals surface area contributed by atoms with Crippen LogP contribution in [0.15, 0.2) is 12.2 Å². The number of ether oxygens (including phenoxy) is 1. The fourth-order valence-electron chi connectivity index (χ4n) is 2.99. The second kappa shape index (κ2) is 4.87. The van der Waals surface area contributed by atoms with E-state index >= 15 is 0 Å². The largest absolute Gasteiger partial charge is 0.478 e. The van der Waals surface area contributed by atoms with E-state index in [0.29, 0.717) is 0 Å². The summed E-state index contributed by atoms with van der Waals surface area (Å²) in [6.45, 7) is 0. The van der Waals surface area contributed by atoms with Gasteiger partial charge in [0.25, 0.3) is 0 Å². The standard InChI is InChI=1S/C12H16O5/c13-9-3-1-8-7(9)2-4-10(8)17-12(16)6-5-11(14)15/h5-10,13H,1-4H2,(H,14,15)/b6-5+/t7-,8-,9+,10+/m0/s1. The van der Waals surface area contributed by atoms with Crippen molar-refractivity contribution in [2.45, 2.75) is 37.9 Å². The van der Waals surface area contributed by atoms with Crippen LogP contribution >= 0.6 is 0 Å². The Balaban J connectivity index is 1.88. The maximum absolute atomic E-state index is 11.3. The van der Waals surface area contributed by atoms with Crippen molar-refractivity contribution in [1.82, 2.24) is 0 Å². The van der Waals surface area contributed by atoms with Crippen LogP contribution < -0.4 is 0 Å². The first-order valence-corrected chi connectivity index (χ1v) is 5.87. The highest BCUT2D eigenvalue weighted by Gasteiger charge is 2.45. The number of carbonyl (C=O) groups is 2. The maximum Gasteiger partial charge on any atom is 0.331 e. The molecule has 0 aromatic heterocycles. The molecule has 0 amide bonds. The topological polar surface area (TPSA) is 83.8 Å². The highest BCUT2D eigenvalue weighted by Crippen LogP contribution is 2.45. The third-order valence-corrected chi connectivity index (χ3v) is 3.73. The predicted molar refractivity (Wildman–Crippen MR) is 58.1 cm³/mol. The predicted octanol–water partition coefficient (Wildman–Crippen LogP) is 0.720. The van der Waals surface area contributed by atoms with E-state index in [0.717, 1.165) is 37.8 Å². The van der Waals surface area contributed by atoms with E-state index in [9.17, 15) is 14.7 Å². The molecule has 0 heterocycles. The highest BCUT2D eigenvalue weighted by molar-refractivity contribution is 5.90. The molecule has 2 aliphatic carbocycles. The number of hydrogen-bond donors (Lipinski definition) is 2. The van der Waals surface area contributed by atoms with Gasteiger partial charge < -0.3 is 14.9 Å². The molecule has 2 N–H and O–H groups in total. The number of carboxylic acids is 1. The number of esters is 1. The number of aliphatic hydroxyl groups excluding tert-OH is 1. The Morgan fingerprint density at radius 3 is 2.47 bits per heavy atom. The van der Waals surface area contributed by atoms with Gasteiger partial charge in [-0.25, -0.2) is 9.59 Å². The molecule has 94 valence electrons. The van der Waals surface area contributed by atoms with Crippen LogP contribution in [0.1, 0.15) is 25.7 Å². The molecule has 0 bridgehead atoms. The summed E-state index contributed by atoms with van der Waals surface area (Å²) in [5.74, 6) is -1.29. The zero-order valence-corrected chi connectivity index (χ0v) is 9.41. The van der Waals surface area contributed by atoms with Gasteiger partial charge in [0, 0.05) is 18.1 Å². The molecule has 2 aliphatic rings. The van der Waals surface area contributed by atoms with Gasteiger partial charge in [-0.2, -0.15) is 0 Å². The Morgan fingerprint density at radius 1 is 1.06 bits per heavy atom. The van der Waals surface area contributed by atoms with E-state index in [1.165, 1.54) is 0 Å². The Hall–Kier alpha value is -1.36. The van der Waals surface area contributed by atoms with Crippen molar-refractivity contribution in [3.05, 3.63) is 12.2 Å². The molecule has 0 aromatic carbocycles. The average molecular weight is 240 g/mol. The van der Waals surface area contributed by atoms with Gasteiger partial charge in [0.1, 0.15) is 6.10 Å². The maximum atomic E-state index is 11.3. The number of aliphatic carboxylic acids is 1. The summed E-state index contributed by atoms with van der Waals surface area (Å²) in [4.78, 5) is 21.6. The van der Waals surface area contributed by atoms with Gasteiger partial charge in [-0.3, -0.25) is 0 Å². The molecule has 0 unspecified atom stereocenters. The van der Waals surface area contributed by atoms with Crippen molar-refractivity contribution >= 4 is 11.9 Å². The Kier molecular flexibility index (Phi) is 3.47. The smallest absolute Gasteiger partial charge is 0.331 e. The van der Waals surface area contributed by atoms with Crippen LogP contribution in [0, 0.1) is 11.8 Å². The van der Waals surface area contributed by atoms with Gasteiger partial charge in [0.2, 0.25) is 0 Å². The minimum absolute atomic E-state index is 0.164. The van der Waals surface area contributed by atoms with Crippen molar-refractivity contribution in [3.63, 3.8) is 0 Å². The van der Waals surface area contributed by atoms with E-state index in [1.54, 1.807) is 0 Å². The first-order chi connectivity index (χ1) is 8.08. The lowest BCUT2D eigenvalue weighted by Gasteiger charge is -2.18. The highest BCUT2D eigenvalue weighted by atomic mass is 16.5. The van der Waals surface area contributed by atoms with Crippen molar-refractivity contribution in [1.29, 1.82) is 0 Å². The van der Waals surface area contributed by atoms with Crippen LogP contribution in [-0.4, -0.2) is 34.4 Å². The monoisotopic (exact) mass is 240 g/mol. The SMILES string of the molecule is O=C(O)/C=C/C(=O)O[C@@H]1CC[C@H]2[C@@H]1CC[C@H]2O. The Labute approximate surface area is 99.1 Å². The molecule has 0 spiro atoms. The summed E-state index contributed by atoms with van der Waals surface area (Å²) in [6, 6.07) is 0. The van der Waals surface area contributed by atoms with Gasteiger partial charge in [0.15, 0.2) is 0 Å². The lowest BCUT2D eigenvalue weighted by Crippen LogP contribution is -2.23. The van der Waals surface area contributed by atoms with Crippen LogP contribution in [0.25, 0.3) is 0 Å². The van der Waals surface area contributed by atoms with E-state index in [1.807, 2.05) is 0 Å². The lowest BCUT2D eigenvalue weighted by molar-refractivity contribution is -0.145. The van der Waals surface area contributed by atoms with Gasteiger partial charge in [0.05, 0.1) is 6.10 Å². The first kappa shape index (κ1) is 12.1. The first-order valence-electron chi connectivity index (χ1n) is 5.87. The quantitative estimate of drug-likeness (QED) is 0.561. The van der Waals surface area contributed by atoms with Crippen LogP contribution in [0.2, 0.25) is 0 Å². The number of carbonyl (C=O) groups excluding carboxylic acids is 1. The van der Waals surface area contributed by atoms with Crippen LogP contribution in [0.5, 0.6) is 0 Å². The summed E-state index contributed by atoms with van der Waals surface area (Å²) in [5.41, 5.74) is 0. The minimum Gasteiger partial charge on any atom is -0.478 e. The van der Waals surface area contributed by atoms with Crippen LogP contribution in [0.4, 0.5) is 0 Å². The molecule has 0 radical (unpaired) electrons. The molecule has 2 fully saturated rings. The fraction of sp³-hybridized carbons (Fsp3) is 0.667. The molecule has 5 nitrogen and oxygen atoms in total. The van der Waals surface area contributed by atoms with Crippen LogP contribution in [-0.2, 0) is 14.3 Å². The lowest BCUT2D eigenvalue weighted by atomic mass is 9.98. The molecular weight excluding hydrogens is 224 g/mol. The minimum atomic E-state index is -1.16. The molecule has 2 rings (SSSR count). The zero-order chi connectivity index (χ0) is 12.4. The Morgan fingerprint density at radius 2 is 1.76 bits per heavy atom. The Bertz CT molecular complexity index is 349. The number of rotatable bonds is 3. The molecule has 0 aliphatic heterocycles. The molecule has 0 aromatic rings. The van der Waals surface area contributed by atoms with Crippen molar-refractivity contribution in [2.75, 3.05) is 0 Å². The number of aliphatic hydroxyl groups is 1. The van der Waals surface area contributed by atoms with Gasteiger partial charge >= 0.3 is 11.9 Å². The van der Waals surface area contributed by atoms with E-state index in [4.69, 9.17) is 9.84 Å². The van der Waals surface area contributed by atoms with Gasteiger partial charge in [-0.15, -0.1) is 0 Å². The fourth-order valence-corrected chi connectivity index (χ4v) is 2.99. The number of fused-ring (bicyclic) bond motifs is 1. The number of carboxylic acid groups (broad SMARTS) is 1. The molecule has 2 saturated carbocycles. The van der Waals surface area contributed by atoms with Crippen molar-refractivity contribution in [3.8, 4) is 0 Å². The van der Waals surface area contributed by atoms with Gasteiger partial charge in [-0.1, -0.05) is 0 Å². The second-order valence-corrected chi connectivity index (χ2v) is 4.70. The summed E-state index contributed by atoms with van der Waals surface area (Å²) < 4.78 is 5.22. The molecular formula is C12H16O5. The number of hydrogen-bond acceptors (Lipinski definition) is 4. The van der Waals surface area contributed by atoms with Crippen molar-refractivity contribution in [2.24, 2.45) is 11.8 Å². The summed E-state index contributed by atoms with van der Waals surface area (Å²) in [5, 5.41) is 18.1. The molecule has 4 atom stereocenters. The second-order valence-electron chi connectivity index (χ2n) is 4.70. The summed E-state index contributed by atoms with van der Waals surface area (Å²) in [7, 11) is 0. The average Bonchev–Trinajstić information content (AvgIpc) is 2.81. The normalized spacial score (nSPS) is 36.1. The molecule has 17 heavy (non-hydrogen) atoms. The van der Waals surface area contributed by atoms with E-state index in [2.05, 4.69) is 0 Å². The zero-order valence-electron chi connectivity index (χ0n) is 9.41. The van der Waals surface area contributed by atoms with Crippen LogP contribution in [0.3, 0.4) is 0 Å². The van der Waals surface area contributed by atoms with E-state index in [-0.39, 0.29) is 24.0 Å². The molecule has 0 saturated heterocycles. The summed E-state index contributed by atoms with van der Waals surface area (Å²) in [6.07, 6.45) is 4.58. The summed E-state index contributed by atoms with van der Waals surface area (Å²) >= 11 is 0. The van der Waals surface area contributed by atoms with E-state index < -0.39 is 11.9 Å². The van der Waals surface area contributed by atoms with Gasteiger partial charge in [-0.05, 0) is 31.6 Å². The van der Waals surface area contributed by atoms with Crippen molar-refractivity contribution < 1.29 is 24.5 Å². The molecule has 5 heteroatoms. The third kappa shape index (κ3) is 2.66.